The third-order valence-electron chi connectivity index (χ3n) is 5.73. The summed E-state index contributed by atoms with van der Waals surface area (Å²) in [7, 11) is 0. The summed E-state index contributed by atoms with van der Waals surface area (Å²) in [6, 6.07) is 16.9. The van der Waals surface area contributed by atoms with E-state index in [2.05, 4.69) is 5.32 Å². The lowest BCUT2D eigenvalue weighted by Crippen LogP contribution is -2.52. The Morgan fingerprint density at radius 2 is 1.70 bits per heavy atom. The van der Waals surface area contributed by atoms with Crippen molar-refractivity contribution in [1.82, 2.24) is 0 Å². The largest absolute Gasteiger partial charge is 0.503 e. The number of nitrogens with zero attached hydrogens (tertiary/aromatic N) is 1. The second-order valence-corrected chi connectivity index (χ2v) is 8.53. The molecule has 7 nitrogen and oxygen atoms in total. The predicted octanol–water partition coefficient (Wildman–Crippen LogP) is 4.46. The molecule has 0 fully saturated rings. The number of hydrogen-bond acceptors (Lipinski definition) is 5. The van der Waals surface area contributed by atoms with Crippen molar-refractivity contribution in [3.05, 3.63) is 99.2 Å². The van der Waals surface area contributed by atoms with Crippen molar-refractivity contribution in [2.45, 2.75) is 5.54 Å². The van der Waals surface area contributed by atoms with Gasteiger partial charge in [-0.2, -0.15) is 0 Å². The fourth-order valence-electron chi connectivity index (χ4n) is 4.41. The van der Waals surface area contributed by atoms with Crippen LogP contribution >= 0.6 is 23.2 Å². The number of benzene rings is 3. The quantitative estimate of drug-likeness (QED) is 0.379. The lowest BCUT2D eigenvalue weighted by Gasteiger charge is -2.35. The molecule has 3 aromatic rings. The molecule has 1 atom stereocenters. The molecule has 164 valence electrons. The van der Waals surface area contributed by atoms with Crippen molar-refractivity contribution in [3.8, 4) is 0 Å². The second-order valence-electron chi connectivity index (χ2n) is 7.65. The first-order valence-corrected chi connectivity index (χ1v) is 10.6. The van der Waals surface area contributed by atoms with E-state index >= 15 is 0 Å². The molecule has 0 aromatic heterocycles. The fraction of sp³-hybridized carbons (Fsp3) is 0.0417. The van der Waals surface area contributed by atoms with E-state index in [1.807, 2.05) is 0 Å². The Morgan fingerprint density at radius 3 is 2.42 bits per heavy atom. The first kappa shape index (κ1) is 21.1. The normalized spacial score (nSPS) is 19.3. The van der Waals surface area contributed by atoms with Gasteiger partial charge in [-0.05, 0) is 42.5 Å². The number of anilines is 3. The van der Waals surface area contributed by atoms with Crippen molar-refractivity contribution in [1.29, 1.82) is 0 Å². The molecule has 0 radical (unpaired) electrons. The number of aliphatic hydroxyl groups is 1. The number of ketones is 1. The number of aliphatic hydroxyl groups excluding tert-OH is 1. The molecule has 9 heteroatoms. The molecule has 2 amide bonds. The summed E-state index contributed by atoms with van der Waals surface area (Å²) in [5.74, 6) is -3.15. The number of halogens is 2. The molecule has 2 heterocycles. The summed E-state index contributed by atoms with van der Waals surface area (Å²) in [4.78, 5) is 41.8. The van der Waals surface area contributed by atoms with Crippen molar-refractivity contribution >= 4 is 57.9 Å². The van der Waals surface area contributed by atoms with Gasteiger partial charge in [0, 0.05) is 38.2 Å². The average Bonchev–Trinajstić information content (AvgIpc) is 3.18. The van der Waals surface area contributed by atoms with Crippen LogP contribution in [0.3, 0.4) is 0 Å². The number of rotatable bonds is 3. The number of nitrogens with two attached hydrogens (primary N) is 1. The molecular weight excluding hydrogens is 465 g/mol. The van der Waals surface area contributed by atoms with E-state index in [1.165, 1.54) is 24.3 Å². The van der Waals surface area contributed by atoms with Gasteiger partial charge in [-0.1, -0.05) is 47.5 Å². The minimum Gasteiger partial charge on any atom is -0.503 e. The van der Waals surface area contributed by atoms with Crippen LogP contribution in [0.1, 0.15) is 15.9 Å². The topological polar surface area (TPSA) is 113 Å². The number of carbonyl (C=O) groups excluding carboxylic acids is 3. The highest BCUT2D eigenvalue weighted by molar-refractivity contribution is 6.34. The molecular formula is C24H15Cl2N3O4. The Morgan fingerprint density at radius 1 is 0.970 bits per heavy atom. The van der Waals surface area contributed by atoms with E-state index in [-0.39, 0.29) is 16.8 Å². The van der Waals surface area contributed by atoms with Gasteiger partial charge in [-0.15, -0.1) is 0 Å². The van der Waals surface area contributed by atoms with Crippen LogP contribution in [-0.4, -0.2) is 22.7 Å². The number of nitrogens with one attached hydrogen (secondary N) is 1. The second kappa shape index (κ2) is 7.37. The van der Waals surface area contributed by atoms with Gasteiger partial charge in [0.05, 0.1) is 5.57 Å². The number of hydrogen-bond donors (Lipinski definition) is 3. The van der Waals surface area contributed by atoms with Crippen LogP contribution in [0.15, 0.2) is 78.1 Å². The first-order valence-electron chi connectivity index (χ1n) is 9.80. The number of Topliss-reactive ketones (excluding diaryl/α,β-unsaturated/α-hetero) is 1. The van der Waals surface area contributed by atoms with Gasteiger partial charge in [0.1, 0.15) is 0 Å². The molecule has 0 aliphatic carbocycles. The van der Waals surface area contributed by atoms with E-state index in [4.69, 9.17) is 28.9 Å². The van der Waals surface area contributed by atoms with Gasteiger partial charge in [-0.3, -0.25) is 19.3 Å². The molecule has 4 N–H and O–H groups in total. The highest BCUT2D eigenvalue weighted by Gasteiger charge is 2.64. The minimum atomic E-state index is -1.98. The van der Waals surface area contributed by atoms with Crippen LogP contribution in [-0.2, 0) is 15.1 Å². The van der Waals surface area contributed by atoms with Crippen LogP contribution in [0.2, 0.25) is 10.0 Å². The van der Waals surface area contributed by atoms with Gasteiger partial charge >= 0.3 is 0 Å². The SMILES string of the molecule is Nc1cccc(C(=O)C2=C(O)C(=O)N(c3cccc(Cl)c3)C23C(=O)Nc2cc(Cl)ccc23)c1. The highest BCUT2D eigenvalue weighted by Crippen LogP contribution is 2.53. The Labute approximate surface area is 198 Å². The molecule has 2 aliphatic heterocycles. The van der Waals surface area contributed by atoms with E-state index in [0.717, 1.165) is 4.90 Å². The van der Waals surface area contributed by atoms with E-state index in [0.29, 0.717) is 27.0 Å². The summed E-state index contributed by atoms with van der Waals surface area (Å²) < 4.78 is 0. The first-order chi connectivity index (χ1) is 15.7. The zero-order valence-electron chi connectivity index (χ0n) is 16.8. The summed E-state index contributed by atoms with van der Waals surface area (Å²) in [5, 5.41) is 14.3. The van der Waals surface area contributed by atoms with Crippen molar-refractivity contribution < 1.29 is 19.5 Å². The van der Waals surface area contributed by atoms with Gasteiger partial charge in [-0.25, -0.2) is 0 Å². The maximum atomic E-state index is 13.7. The predicted molar refractivity (Wildman–Crippen MR) is 126 cm³/mol. The minimum absolute atomic E-state index is 0.117. The van der Waals surface area contributed by atoms with Gasteiger partial charge in [0.25, 0.3) is 11.8 Å². The summed E-state index contributed by atoms with van der Waals surface area (Å²) >= 11 is 12.3. The molecule has 3 aromatic carbocycles. The molecule has 5 rings (SSSR count). The summed E-state index contributed by atoms with van der Waals surface area (Å²) in [5.41, 5.74) is 4.76. The van der Waals surface area contributed by atoms with Crippen molar-refractivity contribution in [2.75, 3.05) is 16.0 Å². The Balaban J connectivity index is 1.83. The van der Waals surface area contributed by atoms with Gasteiger partial charge < -0.3 is 16.2 Å². The Bertz CT molecular complexity index is 1420. The molecule has 0 saturated heterocycles. The number of nitrogen functional groups attached to an aromatic ring is 1. The van der Waals surface area contributed by atoms with E-state index in [1.54, 1.807) is 42.5 Å². The zero-order chi connectivity index (χ0) is 23.5. The molecule has 1 spiro atoms. The third kappa shape index (κ3) is 2.93. The van der Waals surface area contributed by atoms with Crippen LogP contribution in [0, 0.1) is 0 Å². The fourth-order valence-corrected chi connectivity index (χ4v) is 4.77. The lowest BCUT2D eigenvalue weighted by atomic mass is 9.80. The average molecular weight is 480 g/mol. The standard InChI is InChI=1S/C24H15Cl2N3O4/c25-13-4-2-6-16(10-13)29-22(32)21(31)19(20(30)12-3-1-5-15(27)9-12)24(29)17-8-7-14(26)11-18(17)28-23(24)33/h1-11,31H,27H2,(H,28,33). The molecule has 2 aliphatic rings. The highest BCUT2D eigenvalue weighted by atomic mass is 35.5. The Kier molecular flexibility index (Phi) is 4.70. The van der Waals surface area contributed by atoms with Crippen molar-refractivity contribution in [2.24, 2.45) is 0 Å². The molecule has 0 bridgehead atoms. The summed E-state index contributed by atoms with van der Waals surface area (Å²) in [6.07, 6.45) is 0. The van der Waals surface area contributed by atoms with Crippen LogP contribution in [0.25, 0.3) is 0 Å². The maximum absolute atomic E-state index is 13.7. The van der Waals surface area contributed by atoms with E-state index in [9.17, 15) is 19.5 Å². The van der Waals surface area contributed by atoms with E-state index < -0.39 is 28.9 Å². The number of amides is 2. The summed E-state index contributed by atoms with van der Waals surface area (Å²) in [6.45, 7) is 0. The zero-order valence-corrected chi connectivity index (χ0v) is 18.3. The van der Waals surface area contributed by atoms with Crippen molar-refractivity contribution in [3.63, 3.8) is 0 Å². The van der Waals surface area contributed by atoms with Gasteiger partial charge in [0.15, 0.2) is 17.1 Å². The smallest absolute Gasteiger partial charge is 0.295 e. The van der Waals surface area contributed by atoms with Crippen LogP contribution in [0.5, 0.6) is 0 Å². The molecule has 1 unspecified atom stereocenters. The monoisotopic (exact) mass is 479 g/mol. The molecule has 0 saturated carbocycles. The Hall–Kier alpha value is -3.81. The number of fused-ring (bicyclic) bond motifs is 2. The maximum Gasteiger partial charge on any atom is 0.295 e. The lowest BCUT2D eigenvalue weighted by molar-refractivity contribution is -0.123. The van der Waals surface area contributed by atoms with Crippen LogP contribution in [0.4, 0.5) is 17.1 Å². The van der Waals surface area contributed by atoms with Crippen LogP contribution < -0.4 is 16.0 Å². The third-order valence-corrected chi connectivity index (χ3v) is 6.20. The van der Waals surface area contributed by atoms with Gasteiger partial charge in [0.2, 0.25) is 0 Å². The molecule has 33 heavy (non-hydrogen) atoms. The number of carbonyl (C=O) groups is 3.